The van der Waals surface area contributed by atoms with Gasteiger partial charge in [0.1, 0.15) is 55.7 Å². The number of aromatic nitrogens is 1. The summed E-state index contributed by atoms with van der Waals surface area (Å²) in [6.45, 7) is 6.71. The lowest BCUT2D eigenvalue weighted by atomic mass is 10.1. The number of nitriles is 1. The molecule has 5 nitrogen and oxygen atoms in total. The van der Waals surface area contributed by atoms with E-state index in [0.717, 1.165) is 35.0 Å². The zero-order chi connectivity index (χ0) is 20.1. The predicted octanol–water partition coefficient (Wildman–Crippen LogP) is 1.17. The molecule has 0 aliphatic carbocycles. The zero-order valence-corrected chi connectivity index (χ0v) is 17.5. The van der Waals surface area contributed by atoms with E-state index < -0.39 is 0 Å². The third kappa shape index (κ3) is 5.01. The van der Waals surface area contributed by atoms with Crippen LogP contribution in [0, 0.1) is 11.3 Å². The molecule has 2 heterocycles. The van der Waals surface area contributed by atoms with Crippen molar-refractivity contribution in [3.63, 3.8) is 0 Å². The van der Waals surface area contributed by atoms with Crippen LogP contribution in [0.3, 0.4) is 0 Å². The lowest BCUT2D eigenvalue weighted by Gasteiger charge is -2.29. The van der Waals surface area contributed by atoms with Crippen molar-refractivity contribution in [3.8, 4) is 22.4 Å². The molecule has 29 heavy (non-hydrogen) atoms. The monoisotopic (exact) mass is 406 g/mol. The second-order valence-electron chi connectivity index (χ2n) is 7.53. The molecule has 0 bridgehead atoms. The van der Waals surface area contributed by atoms with Crippen LogP contribution >= 0.6 is 11.3 Å². The van der Waals surface area contributed by atoms with Crippen molar-refractivity contribution in [3.05, 3.63) is 70.7 Å². The summed E-state index contributed by atoms with van der Waals surface area (Å²) in [6, 6.07) is 18.3. The van der Waals surface area contributed by atoms with Crippen LogP contribution in [-0.2, 0) is 13.1 Å². The third-order valence-corrected chi connectivity index (χ3v) is 6.46. The average molecular weight is 407 g/mol. The normalized spacial score (nSPS) is 18.9. The maximum absolute atomic E-state index is 8.92. The molecule has 1 aliphatic heterocycles. The molecule has 4 rings (SSSR count). The number of ether oxygens (including phenoxy) is 1. The summed E-state index contributed by atoms with van der Waals surface area (Å²) < 4.78 is 5.23. The summed E-state index contributed by atoms with van der Waals surface area (Å²) in [5.74, 6) is 0.872. The second-order valence-corrected chi connectivity index (χ2v) is 8.39. The zero-order valence-electron chi connectivity index (χ0n) is 16.6. The Kier molecular flexibility index (Phi) is 6.20. The first-order valence-corrected chi connectivity index (χ1v) is 10.9. The van der Waals surface area contributed by atoms with Gasteiger partial charge in [-0.05, 0) is 36.4 Å². The van der Waals surface area contributed by atoms with Gasteiger partial charge in [0, 0.05) is 16.5 Å². The van der Waals surface area contributed by atoms with Crippen LogP contribution in [-0.4, -0.2) is 38.3 Å². The van der Waals surface area contributed by atoms with Crippen LogP contribution in [0.25, 0.3) is 10.6 Å². The minimum Gasteiger partial charge on any atom is -0.497 e. The van der Waals surface area contributed by atoms with E-state index in [1.54, 1.807) is 28.2 Å². The molecule has 3 aromatic rings. The first kappa shape index (κ1) is 19.6. The molecule has 0 radical (unpaired) electrons. The highest BCUT2D eigenvalue weighted by Gasteiger charge is 2.24. The number of thiazole rings is 1. The Morgan fingerprint density at radius 1 is 0.966 bits per heavy atom. The van der Waals surface area contributed by atoms with E-state index in [-0.39, 0.29) is 0 Å². The Labute approximate surface area is 175 Å². The summed E-state index contributed by atoms with van der Waals surface area (Å²) in [5, 5.41) is 12.2. The SMILES string of the molecule is COc1ccc(-c2nc(C[NH+]3CC[NH+](Cc4ccc(C#N)cc4)CC3)cs2)cc1. The maximum atomic E-state index is 8.92. The maximum Gasteiger partial charge on any atom is 0.127 e. The van der Waals surface area contributed by atoms with Gasteiger partial charge in [-0.25, -0.2) is 4.98 Å². The van der Waals surface area contributed by atoms with Gasteiger partial charge in [-0.15, -0.1) is 11.3 Å². The Balaban J connectivity index is 1.28. The quantitative estimate of drug-likeness (QED) is 0.646. The van der Waals surface area contributed by atoms with Gasteiger partial charge in [0.05, 0.1) is 18.7 Å². The van der Waals surface area contributed by atoms with Crippen molar-refractivity contribution < 1.29 is 14.5 Å². The lowest BCUT2D eigenvalue weighted by Crippen LogP contribution is -3.27. The Bertz CT molecular complexity index is 967. The van der Waals surface area contributed by atoms with E-state index in [1.807, 2.05) is 24.3 Å². The molecule has 0 saturated carbocycles. The molecule has 2 N–H and O–H groups in total. The van der Waals surface area contributed by atoms with E-state index in [1.165, 1.54) is 37.4 Å². The second kappa shape index (κ2) is 9.19. The van der Waals surface area contributed by atoms with Gasteiger partial charge in [-0.2, -0.15) is 5.26 Å². The fourth-order valence-corrected chi connectivity index (χ4v) is 4.63. The van der Waals surface area contributed by atoms with Gasteiger partial charge < -0.3 is 14.5 Å². The lowest BCUT2D eigenvalue weighted by molar-refractivity contribution is -1.02. The number of nitrogens with zero attached hydrogens (tertiary/aromatic N) is 2. The standard InChI is InChI=1S/C23H24N4OS/c1-28-22-8-6-20(7-9-22)23-25-21(17-29-23)16-27-12-10-26(11-13-27)15-19-4-2-18(14-24)3-5-19/h2-9,17H,10-13,15-16H2,1H3/p+2. The minimum absolute atomic E-state index is 0.732. The molecule has 2 aromatic carbocycles. The van der Waals surface area contributed by atoms with Crippen LogP contribution in [0.15, 0.2) is 53.9 Å². The van der Waals surface area contributed by atoms with E-state index in [9.17, 15) is 0 Å². The molecule has 1 aliphatic rings. The molecule has 1 aromatic heterocycles. The third-order valence-electron chi connectivity index (χ3n) is 5.52. The summed E-state index contributed by atoms with van der Waals surface area (Å²) in [5.41, 5.74) is 4.38. The topological polar surface area (TPSA) is 54.8 Å². The fourth-order valence-electron chi connectivity index (χ4n) is 3.81. The van der Waals surface area contributed by atoms with Gasteiger partial charge in [-0.1, -0.05) is 12.1 Å². The first-order chi connectivity index (χ1) is 14.2. The molecule has 0 spiro atoms. The average Bonchev–Trinajstić information content (AvgIpc) is 3.24. The summed E-state index contributed by atoms with van der Waals surface area (Å²) in [7, 11) is 1.69. The predicted molar refractivity (Wildman–Crippen MR) is 114 cm³/mol. The Hall–Kier alpha value is -2.72. The number of methoxy groups -OCH3 is 1. The number of piperazine rings is 1. The summed E-state index contributed by atoms with van der Waals surface area (Å²) >= 11 is 1.72. The molecular formula is C23H26N4OS+2. The highest BCUT2D eigenvalue weighted by molar-refractivity contribution is 7.13. The number of benzene rings is 2. The molecule has 0 atom stereocenters. The van der Waals surface area contributed by atoms with Crippen molar-refractivity contribution >= 4 is 11.3 Å². The molecule has 1 fully saturated rings. The van der Waals surface area contributed by atoms with Crippen LogP contribution in [0.4, 0.5) is 0 Å². The number of rotatable bonds is 6. The van der Waals surface area contributed by atoms with Gasteiger partial charge in [0.25, 0.3) is 0 Å². The summed E-state index contributed by atoms with van der Waals surface area (Å²) in [4.78, 5) is 8.09. The van der Waals surface area contributed by atoms with Crippen LogP contribution in [0.5, 0.6) is 5.75 Å². The van der Waals surface area contributed by atoms with Gasteiger partial charge in [0.2, 0.25) is 0 Å². The molecule has 0 amide bonds. The molecule has 0 unspecified atom stereocenters. The van der Waals surface area contributed by atoms with Gasteiger partial charge >= 0.3 is 0 Å². The fraction of sp³-hybridized carbons (Fsp3) is 0.304. The molecule has 148 valence electrons. The van der Waals surface area contributed by atoms with Gasteiger partial charge in [0.15, 0.2) is 0 Å². The Morgan fingerprint density at radius 3 is 2.24 bits per heavy atom. The van der Waals surface area contributed by atoms with Crippen molar-refractivity contribution in [2.75, 3.05) is 33.3 Å². The van der Waals surface area contributed by atoms with Crippen molar-refractivity contribution in [2.45, 2.75) is 13.1 Å². The van der Waals surface area contributed by atoms with Gasteiger partial charge in [-0.3, -0.25) is 0 Å². The van der Waals surface area contributed by atoms with Crippen molar-refractivity contribution in [2.24, 2.45) is 0 Å². The van der Waals surface area contributed by atoms with E-state index in [0.29, 0.717) is 0 Å². The van der Waals surface area contributed by atoms with E-state index >= 15 is 0 Å². The van der Waals surface area contributed by atoms with Crippen LogP contribution in [0.1, 0.15) is 16.8 Å². The largest absolute Gasteiger partial charge is 0.497 e. The number of hydrogen-bond donors (Lipinski definition) is 2. The minimum atomic E-state index is 0.732. The van der Waals surface area contributed by atoms with Crippen LogP contribution in [0.2, 0.25) is 0 Å². The van der Waals surface area contributed by atoms with Crippen LogP contribution < -0.4 is 14.5 Å². The smallest absolute Gasteiger partial charge is 0.127 e. The first-order valence-electron chi connectivity index (χ1n) is 9.98. The summed E-state index contributed by atoms with van der Waals surface area (Å²) in [6.07, 6.45) is 0. The number of nitrogens with one attached hydrogen (secondary N) is 2. The molecular weight excluding hydrogens is 380 g/mol. The number of hydrogen-bond acceptors (Lipinski definition) is 4. The number of quaternary nitrogens is 2. The molecule has 1 saturated heterocycles. The molecule has 6 heteroatoms. The van der Waals surface area contributed by atoms with E-state index in [4.69, 9.17) is 15.0 Å². The highest BCUT2D eigenvalue weighted by Crippen LogP contribution is 2.25. The van der Waals surface area contributed by atoms with E-state index in [2.05, 4.69) is 35.7 Å². The van der Waals surface area contributed by atoms with Crippen molar-refractivity contribution in [1.29, 1.82) is 5.26 Å². The van der Waals surface area contributed by atoms with Crippen molar-refractivity contribution in [1.82, 2.24) is 4.98 Å². The highest BCUT2D eigenvalue weighted by atomic mass is 32.1. The Morgan fingerprint density at radius 2 is 1.62 bits per heavy atom.